The summed E-state index contributed by atoms with van der Waals surface area (Å²) in [5.74, 6) is 0. The Morgan fingerprint density at radius 3 is 0.958 bits per heavy atom. The van der Waals surface area contributed by atoms with Crippen LogP contribution in [0.5, 0.6) is 0 Å². The van der Waals surface area contributed by atoms with Crippen molar-refractivity contribution in [2.45, 2.75) is 0 Å². The van der Waals surface area contributed by atoms with Gasteiger partial charge in [-0.05, 0) is 12.1 Å². The largest absolute Gasteiger partial charge is 1.00 e. The number of rotatable bonds is 0. The zero-order valence-electron chi connectivity index (χ0n) is 12.6. The van der Waals surface area contributed by atoms with Gasteiger partial charge in [0.05, 0.1) is 11.6 Å². The van der Waals surface area contributed by atoms with Crippen molar-refractivity contribution in [1.82, 2.24) is 0 Å². The number of nitriles is 1. The smallest absolute Gasteiger partial charge is 1.00 e. The third-order valence-electron chi connectivity index (χ3n) is 0.903. The standard InChI is InChI=1S/C7H5N.3BF4.K.H/c8-6-7-4-2-1-3-5-7;3*2-1(3,4)5;;/h1-5H;;;;;/q;3*-1;+1;-1. The number of benzene rings is 1. The van der Waals surface area contributed by atoms with Crippen molar-refractivity contribution >= 4 is 21.8 Å². The molecular weight excluding hydrogens is 398 g/mol. The van der Waals surface area contributed by atoms with Crippen LogP contribution in [-0.4, -0.2) is 21.8 Å². The number of nitrogens with zero attached hydrogens (tertiary/aromatic N) is 1. The minimum absolute atomic E-state index is 0. The van der Waals surface area contributed by atoms with E-state index in [2.05, 4.69) is 0 Å². The monoisotopic (exact) mass is 404 g/mol. The summed E-state index contributed by atoms with van der Waals surface area (Å²) < 4.78 is 117. The van der Waals surface area contributed by atoms with Gasteiger partial charge < -0.3 is 53.2 Å². The van der Waals surface area contributed by atoms with Gasteiger partial charge in [-0.3, -0.25) is 0 Å². The first kappa shape index (κ1) is 31.5. The van der Waals surface area contributed by atoms with Gasteiger partial charge in [0.25, 0.3) is 0 Å². The second-order valence-electron chi connectivity index (χ2n) is 2.96. The van der Waals surface area contributed by atoms with E-state index in [1.165, 1.54) is 0 Å². The van der Waals surface area contributed by atoms with Crippen LogP contribution in [0.3, 0.4) is 0 Å². The van der Waals surface area contributed by atoms with E-state index in [4.69, 9.17) is 5.26 Å². The van der Waals surface area contributed by atoms with Crippen LogP contribution in [0.1, 0.15) is 6.99 Å². The molecule has 1 nitrogen and oxygen atoms in total. The molecule has 0 radical (unpaired) electrons. The Morgan fingerprint density at radius 1 is 0.625 bits per heavy atom. The van der Waals surface area contributed by atoms with Crippen molar-refractivity contribution < 1.29 is 105 Å². The summed E-state index contributed by atoms with van der Waals surface area (Å²) in [5, 5.41) is 8.29. The first-order valence-corrected chi connectivity index (χ1v) is 5.00. The normalized spacial score (nSPS) is 10.1. The molecule has 24 heavy (non-hydrogen) atoms. The zero-order valence-corrected chi connectivity index (χ0v) is 14.7. The molecule has 1 aromatic rings. The summed E-state index contributed by atoms with van der Waals surface area (Å²) in [6.07, 6.45) is 0. The fraction of sp³-hybridized carbons (Fsp3) is 0. The van der Waals surface area contributed by atoms with Gasteiger partial charge >= 0.3 is 73.1 Å². The van der Waals surface area contributed by atoms with Crippen molar-refractivity contribution in [3.8, 4) is 6.07 Å². The Hall–Kier alpha value is -0.299. The minimum Gasteiger partial charge on any atom is -1.00 e. The average molecular weight is 404 g/mol. The maximum absolute atomic E-state index is 9.75. The van der Waals surface area contributed by atoms with E-state index in [0.29, 0.717) is 5.56 Å². The Labute approximate surface area is 172 Å². The number of hydrogen-bond donors (Lipinski definition) is 0. The van der Waals surface area contributed by atoms with Gasteiger partial charge in [-0.15, -0.1) is 0 Å². The van der Waals surface area contributed by atoms with E-state index in [0.717, 1.165) is 0 Å². The molecule has 0 bridgehead atoms. The molecule has 0 atom stereocenters. The fourth-order valence-corrected chi connectivity index (χ4v) is 0.513. The summed E-state index contributed by atoms with van der Waals surface area (Å²) in [6.45, 7) is 0. The van der Waals surface area contributed by atoms with Crippen LogP contribution >= 0.6 is 0 Å². The number of halogens is 12. The molecule has 0 N–H and O–H groups in total. The van der Waals surface area contributed by atoms with Crippen LogP contribution in [0.2, 0.25) is 0 Å². The molecule has 1 aromatic carbocycles. The maximum atomic E-state index is 9.75. The first-order chi connectivity index (χ1) is 9.93. The van der Waals surface area contributed by atoms with Gasteiger partial charge in [0, 0.05) is 0 Å². The summed E-state index contributed by atoms with van der Waals surface area (Å²) in [5.41, 5.74) is 0.715. The van der Waals surface area contributed by atoms with E-state index >= 15 is 0 Å². The van der Waals surface area contributed by atoms with Crippen LogP contribution in [0.25, 0.3) is 0 Å². The Morgan fingerprint density at radius 2 is 0.833 bits per heavy atom. The van der Waals surface area contributed by atoms with E-state index in [9.17, 15) is 51.8 Å². The molecule has 0 saturated heterocycles. The van der Waals surface area contributed by atoms with Gasteiger partial charge in [0.2, 0.25) is 0 Å². The summed E-state index contributed by atoms with van der Waals surface area (Å²) >= 11 is 0. The Balaban J connectivity index is -0.0000000714. The second-order valence-corrected chi connectivity index (χ2v) is 2.96. The molecule has 0 fully saturated rings. The topological polar surface area (TPSA) is 23.8 Å². The first-order valence-electron chi connectivity index (χ1n) is 5.00. The molecule has 0 aliphatic rings. The molecule has 0 spiro atoms. The van der Waals surface area contributed by atoms with Crippen molar-refractivity contribution in [3.05, 3.63) is 35.9 Å². The zero-order chi connectivity index (χ0) is 19.3. The predicted molar refractivity (Wildman–Crippen MR) is 62.8 cm³/mol. The van der Waals surface area contributed by atoms with Gasteiger partial charge in [-0.1, -0.05) is 18.2 Å². The third-order valence-corrected chi connectivity index (χ3v) is 0.903. The molecule has 0 aliphatic heterocycles. The molecule has 0 heterocycles. The molecule has 0 saturated carbocycles. The van der Waals surface area contributed by atoms with Crippen molar-refractivity contribution in [1.29, 1.82) is 5.26 Å². The minimum atomic E-state index is -6.00. The molecule has 0 aromatic heterocycles. The van der Waals surface area contributed by atoms with Crippen molar-refractivity contribution in [2.24, 2.45) is 0 Å². The Bertz CT molecular complexity index is 399. The average Bonchev–Trinajstić information content (AvgIpc) is 2.23. The number of hydrogen-bond acceptors (Lipinski definition) is 1. The summed E-state index contributed by atoms with van der Waals surface area (Å²) in [7, 11) is -18.0. The van der Waals surface area contributed by atoms with Gasteiger partial charge in [-0.2, -0.15) is 5.26 Å². The van der Waals surface area contributed by atoms with Crippen LogP contribution in [0, 0.1) is 11.3 Å². The van der Waals surface area contributed by atoms with Crippen molar-refractivity contribution in [3.63, 3.8) is 0 Å². The van der Waals surface area contributed by atoms with Gasteiger partial charge in [0.1, 0.15) is 0 Å². The van der Waals surface area contributed by atoms with Crippen LogP contribution in [0.4, 0.5) is 51.8 Å². The quantitative estimate of drug-likeness (QED) is 0.482. The fourth-order valence-electron chi connectivity index (χ4n) is 0.513. The second kappa shape index (κ2) is 15.0. The molecule has 1 rings (SSSR count). The molecular formula is C7H6B3F12KN-3. The summed E-state index contributed by atoms with van der Waals surface area (Å²) in [6, 6.07) is 11.2. The molecule has 0 unspecified atom stereocenters. The molecule has 0 amide bonds. The van der Waals surface area contributed by atoms with Gasteiger partial charge in [0.15, 0.2) is 0 Å². The van der Waals surface area contributed by atoms with E-state index in [1.807, 2.05) is 24.3 Å². The van der Waals surface area contributed by atoms with Crippen LogP contribution < -0.4 is 51.4 Å². The van der Waals surface area contributed by atoms with E-state index in [-0.39, 0.29) is 52.8 Å². The van der Waals surface area contributed by atoms with Crippen LogP contribution in [0.15, 0.2) is 30.3 Å². The summed E-state index contributed by atoms with van der Waals surface area (Å²) in [4.78, 5) is 0. The SMILES string of the molecule is F[B-](F)(F)F.F[B-](F)(F)F.F[B-](F)(F)F.N#Cc1ccccc1.[H-].[K+]. The molecule has 17 heteroatoms. The predicted octanol–water partition coefficient (Wildman–Crippen LogP) is 2.57. The molecule has 136 valence electrons. The third kappa shape index (κ3) is 98.8. The van der Waals surface area contributed by atoms with E-state index < -0.39 is 21.8 Å². The molecule has 0 aliphatic carbocycles. The van der Waals surface area contributed by atoms with E-state index in [1.54, 1.807) is 12.1 Å². The van der Waals surface area contributed by atoms with Gasteiger partial charge in [-0.25, -0.2) is 0 Å². The van der Waals surface area contributed by atoms with Crippen molar-refractivity contribution in [2.75, 3.05) is 0 Å². The maximum Gasteiger partial charge on any atom is 1.00 e. The van der Waals surface area contributed by atoms with Crippen LogP contribution in [-0.2, 0) is 0 Å². The Kier molecular flexibility index (Phi) is 19.7.